The van der Waals surface area contributed by atoms with Gasteiger partial charge >= 0.3 is 0 Å². The molecular weight excluding hydrogens is 368 g/mol. The van der Waals surface area contributed by atoms with E-state index in [2.05, 4.69) is 16.3 Å². The number of likely N-dealkylation sites (tertiary alicyclic amines) is 1. The summed E-state index contributed by atoms with van der Waals surface area (Å²) in [5.41, 5.74) is 3.12. The number of hydrogen-bond acceptors (Lipinski definition) is 3. The number of halogens is 1. The summed E-state index contributed by atoms with van der Waals surface area (Å²) in [6.07, 6.45) is 2.14. The average Bonchev–Trinajstić information content (AvgIpc) is 3.14. The molecular formula is C20H23ClN2O2S. The Kier molecular flexibility index (Phi) is 5.89. The summed E-state index contributed by atoms with van der Waals surface area (Å²) in [4.78, 5) is 2.23. The Hall–Kier alpha value is -1.98. The summed E-state index contributed by atoms with van der Waals surface area (Å²) in [6.45, 7) is 2.91. The zero-order chi connectivity index (χ0) is 18.7. The van der Waals surface area contributed by atoms with Crippen molar-refractivity contribution in [2.75, 3.05) is 26.1 Å². The summed E-state index contributed by atoms with van der Waals surface area (Å²) in [6, 6.07) is 12.1. The van der Waals surface area contributed by atoms with Crippen LogP contribution in [0.2, 0.25) is 5.02 Å². The van der Waals surface area contributed by atoms with Crippen molar-refractivity contribution in [3.63, 3.8) is 0 Å². The summed E-state index contributed by atoms with van der Waals surface area (Å²) >= 11 is 11.9. The molecule has 0 unspecified atom stereocenters. The van der Waals surface area contributed by atoms with Crippen molar-refractivity contribution >= 4 is 34.6 Å². The number of ether oxygens (including phenoxy) is 2. The molecule has 0 spiro atoms. The molecule has 1 saturated heterocycles. The monoisotopic (exact) mass is 390 g/mol. The fourth-order valence-corrected chi connectivity index (χ4v) is 3.85. The highest BCUT2D eigenvalue weighted by Gasteiger charge is 2.29. The third-order valence-corrected chi connectivity index (χ3v) is 5.56. The summed E-state index contributed by atoms with van der Waals surface area (Å²) in [5, 5.41) is 4.81. The second-order valence-corrected chi connectivity index (χ2v) is 7.10. The van der Waals surface area contributed by atoms with E-state index in [0.717, 1.165) is 47.2 Å². The average molecular weight is 391 g/mol. The normalized spacial score (nSPS) is 16.5. The predicted octanol–water partition coefficient (Wildman–Crippen LogP) is 5.20. The molecule has 1 N–H and O–H groups in total. The van der Waals surface area contributed by atoms with Crippen molar-refractivity contribution in [1.82, 2.24) is 4.90 Å². The van der Waals surface area contributed by atoms with Gasteiger partial charge in [-0.25, -0.2) is 0 Å². The molecule has 0 bridgehead atoms. The molecule has 2 aromatic rings. The molecule has 1 aliphatic rings. The van der Waals surface area contributed by atoms with Crippen molar-refractivity contribution in [3.05, 3.63) is 52.5 Å². The Morgan fingerprint density at radius 3 is 2.69 bits per heavy atom. The van der Waals surface area contributed by atoms with Crippen molar-refractivity contribution in [3.8, 4) is 11.5 Å². The summed E-state index contributed by atoms with van der Waals surface area (Å²) in [5.74, 6) is 1.47. The van der Waals surface area contributed by atoms with E-state index in [0.29, 0.717) is 5.11 Å². The molecule has 2 aromatic carbocycles. The number of rotatable bonds is 4. The van der Waals surface area contributed by atoms with E-state index in [1.807, 2.05) is 37.3 Å². The molecule has 0 amide bonds. The van der Waals surface area contributed by atoms with Crippen LogP contribution in [-0.4, -0.2) is 30.8 Å². The minimum atomic E-state index is 0.217. The number of thiocarbonyl (C=S) groups is 1. The molecule has 3 rings (SSSR count). The Morgan fingerprint density at radius 1 is 1.19 bits per heavy atom. The third-order valence-electron chi connectivity index (χ3n) is 4.82. The highest BCUT2D eigenvalue weighted by atomic mass is 35.5. The lowest BCUT2D eigenvalue weighted by Crippen LogP contribution is -2.34. The second-order valence-electron chi connectivity index (χ2n) is 6.31. The van der Waals surface area contributed by atoms with Gasteiger partial charge in [-0.2, -0.15) is 0 Å². The number of nitrogens with zero attached hydrogens (tertiary/aromatic N) is 1. The fourth-order valence-electron chi connectivity index (χ4n) is 3.35. The van der Waals surface area contributed by atoms with Gasteiger partial charge in [0, 0.05) is 17.3 Å². The zero-order valence-corrected chi connectivity index (χ0v) is 16.8. The number of anilines is 1. The minimum absolute atomic E-state index is 0.217. The van der Waals surface area contributed by atoms with Crippen LogP contribution in [0.1, 0.15) is 30.0 Å². The molecule has 0 saturated carbocycles. The van der Waals surface area contributed by atoms with Gasteiger partial charge in [0.15, 0.2) is 16.6 Å². The number of benzene rings is 2. The van der Waals surface area contributed by atoms with Gasteiger partial charge in [-0.15, -0.1) is 0 Å². The van der Waals surface area contributed by atoms with Gasteiger partial charge in [0.2, 0.25) is 0 Å². The first-order chi connectivity index (χ1) is 12.5. The van der Waals surface area contributed by atoms with Crippen LogP contribution in [-0.2, 0) is 0 Å². The zero-order valence-electron chi connectivity index (χ0n) is 15.2. The first kappa shape index (κ1) is 18.8. The van der Waals surface area contributed by atoms with Gasteiger partial charge in [0.25, 0.3) is 0 Å². The Morgan fingerprint density at radius 2 is 1.96 bits per heavy atom. The molecule has 1 fully saturated rings. The van der Waals surface area contributed by atoms with Crippen LogP contribution in [0.3, 0.4) is 0 Å². The second kappa shape index (κ2) is 8.14. The molecule has 0 aliphatic carbocycles. The highest BCUT2D eigenvalue weighted by molar-refractivity contribution is 7.80. The van der Waals surface area contributed by atoms with Crippen LogP contribution >= 0.6 is 23.8 Å². The molecule has 138 valence electrons. The van der Waals surface area contributed by atoms with E-state index in [9.17, 15) is 0 Å². The van der Waals surface area contributed by atoms with E-state index in [1.165, 1.54) is 5.56 Å². The lowest BCUT2D eigenvalue weighted by atomic mass is 10.0. The first-order valence-corrected chi connectivity index (χ1v) is 9.38. The smallest absolute Gasteiger partial charge is 0.173 e. The first-order valence-electron chi connectivity index (χ1n) is 8.59. The van der Waals surface area contributed by atoms with Crippen LogP contribution in [0.15, 0.2) is 36.4 Å². The maximum atomic E-state index is 6.22. The van der Waals surface area contributed by atoms with Crippen LogP contribution < -0.4 is 14.8 Å². The minimum Gasteiger partial charge on any atom is -0.493 e. The van der Waals surface area contributed by atoms with Gasteiger partial charge in [-0.1, -0.05) is 23.7 Å². The molecule has 0 radical (unpaired) electrons. The third kappa shape index (κ3) is 3.74. The van der Waals surface area contributed by atoms with Gasteiger partial charge in [0.1, 0.15) is 0 Å². The predicted molar refractivity (Wildman–Crippen MR) is 111 cm³/mol. The van der Waals surface area contributed by atoms with Crippen LogP contribution in [0, 0.1) is 6.92 Å². The molecule has 1 aliphatic heterocycles. The van der Waals surface area contributed by atoms with E-state index >= 15 is 0 Å². The number of nitrogens with one attached hydrogen (secondary N) is 1. The lowest BCUT2D eigenvalue weighted by Gasteiger charge is -2.29. The lowest BCUT2D eigenvalue weighted by molar-refractivity contribution is 0.351. The van der Waals surface area contributed by atoms with Crippen molar-refractivity contribution in [2.45, 2.75) is 25.8 Å². The SMILES string of the molecule is COc1ccc([C@H]2CCCN2C(=S)Nc2cccc(Cl)c2C)cc1OC. The largest absolute Gasteiger partial charge is 0.493 e. The molecule has 1 atom stereocenters. The Labute approximate surface area is 165 Å². The van der Waals surface area contributed by atoms with Crippen LogP contribution in [0.4, 0.5) is 5.69 Å². The van der Waals surface area contributed by atoms with Crippen LogP contribution in [0.25, 0.3) is 0 Å². The standard InChI is InChI=1S/C20H23ClN2O2S/c1-13-15(21)6-4-7-16(13)22-20(26)23-11-5-8-17(23)14-9-10-18(24-2)19(12-14)25-3/h4,6-7,9-10,12,17H,5,8,11H2,1-3H3,(H,22,26)/t17-/m1/s1. The van der Waals surface area contributed by atoms with E-state index in [4.69, 9.17) is 33.3 Å². The maximum Gasteiger partial charge on any atom is 0.173 e. The van der Waals surface area contributed by atoms with Crippen molar-refractivity contribution in [2.24, 2.45) is 0 Å². The van der Waals surface area contributed by atoms with Gasteiger partial charge in [-0.3, -0.25) is 0 Å². The van der Waals surface area contributed by atoms with E-state index < -0.39 is 0 Å². The van der Waals surface area contributed by atoms with E-state index in [-0.39, 0.29) is 6.04 Å². The molecule has 4 nitrogen and oxygen atoms in total. The quantitative estimate of drug-likeness (QED) is 0.725. The Balaban J connectivity index is 1.81. The topological polar surface area (TPSA) is 33.7 Å². The van der Waals surface area contributed by atoms with Crippen molar-refractivity contribution < 1.29 is 9.47 Å². The Bertz CT molecular complexity index is 812. The molecule has 26 heavy (non-hydrogen) atoms. The van der Waals surface area contributed by atoms with Crippen LogP contribution in [0.5, 0.6) is 11.5 Å². The summed E-state index contributed by atoms with van der Waals surface area (Å²) < 4.78 is 10.8. The maximum absolute atomic E-state index is 6.22. The van der Waals surface area contributed by atoms with Gasteiger partial charge < -0.3 is 19.7 Å². The molecule has 6 heteroatoms. The summed E-state index contributed by atoms with van der Waals surface area (Å²) in [7, 11) is 3.30. The molecule has 1 heterocycles. The van der Waals surface area contributed by atoms with Gasteiger partial charge in [-0.05, 0) is 67.4 Å². The van der Waals surface area contributed by atoms with E-state index in [1.54, 1.807) is 14.2 Å². The highest BCUT2D eigenvalue weighted by Crippen LogP contribution is 2.37. The number of methoxy groups -OCH3 is 2. The fraction of sp³-hybridized carbons (Fsp3) is 0.350. The number of hydrogen-bond donors (Lipinski definition) is 1. The van der Waals surface area contributed by atoms with Gasteiger partial charge in [0.05, 0.1) is 20.3 Å². The molecule has 0 aromatic heterocycles. The van der Waals surface area contributed by atoms with Crippen molar-refractivity contribution in [1.29, 1.82) is 0 Å².